The number of hydrogen-bond donors (Lipinski definition) is 2. The summed E-state index contributed by atoms with van der Waals surface area (Å²) in [6.07, 6.45) is 2.26. The summed E-state index contributed by atoms with van der Waals surface area (Å²) in [6, 6.07) is -0.423. The molecule has 1 amide bonds. The van der Waals surface area contributed by atoms with E-state index in [4.69, 9.17) is 0 Å². The van der Waals surface area contributed by atoms with Crippen LogP contribution in [0.1, 0.15) is 38.2 Å². The lowest BCUT2D eigenvalue weighted by Gasteiger charge is -2.17. The highest BCUT2D eigenvalue weighted by Gasteiger charge is 2.27. The van der Waals surface area contributed by atoms with E-state index in [0.29, 0.717) is 11.4 Å². The van der Waals surface area contributed by atoms with Crippen LogP contribution in [-0.4, -0.2) is 29.5 Å². The third-order valence-corrected chi connectivity index (χ3v) is 6.24. The standard InChI is InChI=1S/C12H17N5O3S3/c1-7(2)6-9(10-13-4-5-21-10)17-23(19,20)12-16-15-11(22-12)14-8(3)18/h4-5,7,9,17H,6H2,1-3H3,(H,14,15,18). The van der Waals surface area contributed by atoms with Crippen molar-refractivity contribution < 1.29 is 13.2 Å². The van der Waals surface area contributed by atoms with Crippen LogP contribution in [0.25, 0.3) is 0 Å². The largest absolute Gasteiger partial charge is 0.301 e. The third kappa shape index (κ3) is 5.03. The summed E-state index contributed by atoms with van der Waals surface area (Å²) < 4.78 is 27.4. The number of aromatic nitrogens is 3. The summed E-state index contributed by atoms with van der Waals surface area (Å²) >= 11 is 2.20. The zero-order valence-electron chi connectivity index (χ0n) is 12.8. The van der Waals surface area contributed by atoms with Gasteiger partial charge in [-0.15, -0.1) is 21.5 Å². The van der Waals surface area contributed by atoms with E-state index in [0.717, 1.165) is 11.3 Å². The second-order valence-electron chi connectivity index (χ2n) is 5.23. The molecule has 0 radical (unpaired) electrons. The highest BCUT2D eigenvalue weighted by molar-refractivity contribution is 7.91. The van der Waals surface area contributed by atoms with E-state index in [9.17, 15) is 13.2 Å². The molecule has 2 N–H and O–H groups in total. The van der Waals surface area contributed by atoms with Gasteiger partial charge in [-0.3, -0.25) is 4.79 Å². The van der Waals surface area contributed by atoms with Crippen LogP contribution in [-0.2, 0) is 14.8 Å². The minimum atomic E-state index is -3.84. The van der Waals surface area contributed by atoms with Crippen molar-refractivity contribution in [3.8, 4) is 0 Å². The predicted octanol–water partition coefficient (Wildman–Crippen LogP) is 2.02. The lowest BCUT2D eigenvalue weighted by Crippen LogP contribution is -2.29. The van der Waals surface area contributed by atoms with Gasteiger partial charge in [0, 0.05) is 18.5 Å². The van der Waals surface area contributed by atoms with Gasteiger partial charge in [-0.25, -0.2) is 13.4 Å². The first-order chi connectivity index (χ1) is 10.8. The molecule has 2 heterocycles. The van der Waals surface area contributed by atoms with E-state index in [1.54, 1.807) is 11.6 Å². The molecular weight excluding hydrogens is 358 g/mol. The fraction of sp³-hybridized carbons (Fsp3) is 0.500. The third-order valence-electron chi connectivity index (χ3n) is 2.67. The molecule has 2 rings (SSSR count). The highest BCUT2D eigenvalue weighted by Crippen LogP contribution is 2.27. The van der Waals surface area contributed by atoms with Crippen molar-refractivity contribution in [2.24, 2.45) is 5.92 Å². The van der Waals surface area contributed by atoms with Gasteiger partial charge in [0.1, 0.15) is 5.01 Å². The molecule has 0 saturated carbocycles. The van der Waals surface area contributed by atoms with Gasteiger partial charge < -0.3 is 5.32 Å². The molecule has 2 aromatic heterocycles. The normalized spacial score (nSPS) is 13.2. The summed E-state index contributed by atoms with van der Waals surface area (Å²) in [7, 11) is -3.84. The smallest absolute Gasteiger partial charge is 0.270 e. The first-order valence-electron chi connectivity index (χ1n) is 6.80. The first-order valence-corrected chi connectivity index (χ1v) is 9.98. The monoisotopic (exact) mass is 375 g/mol. The molecule has 23 heavy (non-hydrogen) atoms. The molecule has 11 heteroatoms. The maximum atomic E-state index is 12.5. The number of amides is 1. The summed E-state index contributed by atoms with van der Waals surface area (Å²) in [6.45, 7) is 5.33. The zero-order valence-corrected chi connectivity index (χ0v) is 15.3. The fourth-order valence-corrected chi connectivity index (χ4v) is 4.79. The molecule has 0 bridgehead atoms. The lowest BCUT2D eigenvalue weighted by molar-refractivity contribution is -0.114. The van der Waals surface area contributed by atoms with Crippen molar-refractivity contribution in [1.82, 2.24) is 19.9 Å². The summed E-state index contributed by atoms with van der Waals surface area (Å²) in [5, 5.41) is 12.4. The van der Waals surface area contributed by atoms with Gasteiger partial charge in [0.2, 0.25) is 15.4 Å². The van der Waals surface area contributed by atoms with Crippen LogP contribution in [0.4, 0.5) is 5.13 Å². The highest BCUT2D eigenvalue weighted by atomic mass is 32.2. The van der Waals surface area contributed by atoms with Crippen molar-refractivity contribution in [3.05, 3.63) is 16.6 Å². The number of nitrogens with zero attached hydrogens (tertiary/aromatic N) is 3. The fourth-order valence-electron chi connectivity index (χ4n) is 1.83. The number of sulfonamides is 1. The lowest BCUT2D eigenvalue weighted by atomic mass is 10.1. The van der Waals surface area contributed by atoms with Crippen molar-refractivity contribution in [2.75, 3.05) is 5.32 Å². The van der Waals surface area contributed by atoms with Crippen molar-refractivity contribution in [3.63, 3.8) is 0 Å². The molecule has 0 aliphatic heterocycles. The minimum absolute atomic E-state index is 0.146. The molecule has 0 spiro atoms. The maximum Gasteiger partial charge on any atom is 0.270 e. The Hall–Kier alpha value is -1.43. The van der Waals surface area contributed by atoms with Gasteiger partial charge in [0.15, 0.2) is 0 Å². The number of carbonyl (C=O) groups is 1. The maximum absolute atomic E-state index is 12.5. The SMILES string of the molecule is CC(=O)Nc1nnc(S(=O)(=O)NC(CC(C)C)c2nccs2)s1. The summed E-state index contributed by atoms with van der Waals surface area (Å²) in [5.41, 5.74) is 0. The van der Waals surface area contributed by atoms with Crippen molar-refractivity contribution >= 4 is 43.7 Å². The second-order valence-corrected chi connectivity index (χ2v) is 9.02. The molecule has 1 unspecified atom stereocenters. The minimum Gasteiger partial charge on any atom is -0.301 e. The number of hydrogen-bond acceptors (Lipinski definition) is 8. The van der Waals surface area contributed by atoms with Crippen molar-refractivity contribution in [1.29, 1.82) is 0 Å². The van der Waals surface area contributed by atoms with Gasteiger partial charge >= 0.3 is 0 Å². The Morgan fingerprint density at radius 1 is 1.35 bits per heavy atom. The van der Waals surface area contributed by atoms with E-state index in [1.807, 2.05) is 13.8 Å². The van der Waals surface area contributed by atoms with E-state index >= 15 is 0 Å². The Kier molecular flexibility index (Phi) is 5.79. The molecule has 0 aliphatic rings. The molecule has 2 aromatic rings. The van der Waals surface area contributed by atoms with Crippen LogP contribution >= 0.6 is 22.7 Å². The average molecular weight is 376 g/mol. The molecule has 0 saturated heterocycles. The Morgan fingerprint density at radius 3 is 2.65 bits per heavy atom. The molecule has 126 valence electrons. The van der Waals surface area contributed by atoms with Gasteiger partial charge in [-0.05, 0) is 12.3 Å². The van der Waals surface area contributed by atoms with Crippen LogP contribution in [0, 0.1) is 5.92 Å². The van der Waals surface area contributed by atoms with Crippen molar-refractivity contribution in [2.45, 2.75) is 37.6 Å². The van der Waals surface area contributed by atoms with Crippen LogP contribution in [0.2, 0.25) is 0 Å². The zero-order chi connectivity index (χ0) is 17.0. The number of carbonyl (C=O) groups excluding carboxylic acids is 1. The predicted molar refractivity (Wildman–Crippen MR) is 88.8 cm³/mol. The van der Waals surface area contributed by atoms with Gasteiger partial charge in [0.25, 0.3) is 10.0 Å². The number of rotatable bonds is 7. The molecule has 8 nitrogen and oxygen atoms in total. The molecule has 1 atom stereocenters. The van der Waals surface area contributed by atoms with E-state index in [2.05, 4.69) is 25.2 Å². The Morgan fingerprint density at radius 2 is 2.09 bits per heavy atom. The van der Waals surface area contributed by atoms with Gasteiger partial charge in [-0.2, -0.15) is 4.72 Å². The Balaban J connectivity index is 2.20. The quantitative estimate of drug-likeness (QED) is 0.716. The van der Waals surface area contributed by atoms with Crippen LogP contribution in [0.15, 0.2) is 15.9 Å². The van der Waals surface area contributed by atoms with E-state index in [1.165, 1.54) is 18.3 Å². The summed E-state index contributed by atoms with van der Waals surface area (Å²) in [4.78, 5) is 15.2. The van der Waals surface area contributed by atoms with E-state index in [-0.39, 0.29) is 21.3 Å². The second kappa shape index (κ2) is 7.43. The van der Waals surface area contributed by atoms with E-state index < -0.39 is 16.1 Å². The van der Waals surface area contributed by atoms with Gasteiger partial charge in [0.05, 0.1) is 6.04 Å². The molecular formula is C12H17N5O3S3. The van der Waals surface area contributed by atoms with Crippen LogP contribution in [0.3, 0.4) is 0 Å². The Bertz CT molecular complexity index is 755. The molecule has 0 aliphatic carbocycles. The molecule has 0 aromatic carbocycles. The Labute approximate surface area is 142 Å². The summed E-state index contributed by atoms with van der Waals surface area (Å²) in [5.74, 6) is -0.0468. The van der Waals surface area contributed by atoms with Crippen LogP contribution < -0.4 is 10.0 Å². The molecule has 0 fully saturated rings. The number of nitrogens with one attached hydrogen (secondary N) is 2. The number of anilines is 1. The average Bonchev–Trinajstić information content (AvgIpc) is 3.06. The van der Waals surface area contributed by atoms with Gasteiger partial charge in [-0.1, -0.05) is 25.2 Å². The first kappa shape index (κ1) is 17.9. The van der Waals surface area contributed by atoms with Crippen LogP contribution in [0.5, 0.6) is 0 Å². The topological polar surface area (TPSA) is 114 Å². The number of thiazole rings is 1.